The molecule has 1 aromatic rings. The summed E-state index contributed by atoms with van der Waals surface area (Å²) in [7, 11) is 0. The van der Waals surface area contributed by atoms with Crippen LogP contribution in [-0.2, 0) is 0 Å². The van der Waals surface area contributed by atoms with Crippen LogP contribution in [-0.4, -0.2) is 29.9 Å². The zero-order valence-electron chi connectivity index (χ0n) is 7.13. The molecule has 1 aromatic carbocycles. The number of rotatable bonds is 1. The molecule has 1 rings (SSSR count). The zero-order chi connectivity index (χ0) is 8.81. The van der Waals surface area contributed by atoms with Gasteiger partial charge in [-0.1, -0.05) is 0 Å². The van der Waals surface area contributed by atoms with Gasteiger partial charge in [-0.2, -0.15) is 0 Å². The Balaban J connectivity index is 2.59. The third kappa shape index (κ3) is 3.48. The average Bonchev–Trinajstić information content (AvgIpc) is 2.09. The molecule has 0 spiro atoms. The monoisotopic (exact) mass is 290 g/mol. The van der Waals surface area contributed by atoms with Gasteiger partial charge < -0.3 is 0 Å². The number of hydrogen-bond acceptors (Lipinski definition) is 0. The first-order valence-corrected chi connectivity index (χ1v) is 7.87. The number of aryl methyl sites for hydroxylation is 1. The van der Waals surface area contributed by atoms with E-state index in [1.165, 1.54) is 10.0 Å². The van der Waals surface area contributed by atoms with Crippen LogP contribution in [0.5, 0.6) is 0 Å². The molecule has 0 nitrogen and oxygen atoms in total. The van der Waals surface area contributed by atoms with Gasteiger partial charge in [0.15, 0.2) is 0 Å². The first-order valence-electron chi connectivity index (χ1n) is 3.59. The van der Waals surface area contributed by atoms with Crippen molar-refractivity contribution in [3.8, 4) is 9.64 Å². The van der Waals surface area contributed by atoms with E-state index in [1.54, 1.807) is 0 Å². The molecule has 0 aliphatic carbocycles. The van der Waals surface area contributed by atoms with Gasteiger partial charge in [-0.25, -0.2) is 0 Å². The van der Waals surface area contributed by atoms with Crippen LogP contribution in [0.4, 0.5) is 0 Å². The van der Waals surface area contributed by atoms with E-state index in [0.29, 0.717) is 29.9 Å². The fourth-order valence-corrected chi connectivity index (χ4v) is 3.17. The van der Waals surface area contributed by atoms with E-state index < -0.39 is 0 Å². The first-order chi connectivity index (χ1) is 5.83. The summed E-state index contributed by atoms with van der Waals surface area (Å²) in [5.41, 5.74) is 1.32. The molecular formula is C10H10Se2. The van der Waals surface area contributed by atoms with Crippen LogP contribution in [0.25, 0.3) is 0 Å². The van der Waals surface area contributed by atoms with Crippen molar-refractivity contribution in [1.29, 1.82) is 0 Å². The van der Waals surface area contributed by atoms with Crippen LogP contribution >= 0.6 is 0 Å². The maximum absolute atomic E-state index is 3.21. The number of benzene rings is 1. The molecule has 0 fully saturated rings. The van der Waals surface area contributed by atoms with Crippen LogP contribution in [0.1, 0.15) is 5.56 Å². The van der Waals surface area contributed by atoms with Gasteiger partial charge in [0.05, 0.1) is 0 Å². The zero-order valence-corrected chi connectivity index (χ0v) is 10.6. The molecule has 0 aromatic heterocycles. The Bertz CT molecular complexity index is 290. The quantitative estimate of drug-likeness (QED) is 0.534. The Morgan fingerprint density at radius 2 is 1.75 bits per heavy atom. The van der Waals surface area contributed by atoms with Gasteiger partial charge in [-0.05, 0) is 0 Å². The summed E-state index contributed by atoms with van der Waals surface area (Å²) in [5.74, 6) is 2.14. The Morgan fingerprint density at radius 3 is 2.33 bits per heavy atom. The summed E-state index contributed by atoms with van der Waals surface area (Å²) < 4.78 is 1.38. The Morgan fingerprint density at radius 1 is 1.08 bits per heavy atom. The minimum absolute atomic E-state index is 0.367. The molecule has 62 valence electrons. The molecule has 0 atom stereocenters. The average molecular weight is 288 g/mol. The molecule has 0 saturated heterocycles. The van der Waals surface area contributed by atoms with Crippen molar-refractivity contribution in [3.05, 3.63) is 29.8 Å². The van der Waals surface area contributed by atoms with Gasteiger partial charge >= 0.3 is 86.6 Å². The van der Waals surface area contributed by atoms with E-state index in [0.717, 1.165) is 0 Å². The third-order valence-electron chi connectivity index (χ3n) is 1.33. The van der Waals surface area contributed by atoms with Crippen LogP contribution < -0.4 is 4.46 Å². The molecule has 0 radical (unpaired) electrons. The van der Waals surface area contributed by atoms with Crippen LogP contribution in [0.2, 0.25) is 5.82 Å². The second-order valence-corrected chi connectivity index (χ2v) is 5.45. The van der Waals surface area contributed by atoms with E-state index in [4.69, 9.17) is 0 Å². The van der Waals surface area contributed by atoms with Crippen molar-refractivity contribution in [2.24, 2.45) is 0 Å². The van der Waals surface area contributed by atoms with E-state index in [-0.39, 0.29) is 0 Å². The molecule has 0 aliphatic rings. The predicted molar refractivity (Wildman–Crippen MR) is 56.0 cm³/mol. The molecule has 0 heterocycles. The van der Waals surface area contributed by atoms with Crippen molar-refractivity contribution >= 4 is 34.4 Å². The van der Waals surface area contributed by atoms with Crippen LogP contribution in [0.15, 0.2) is 24.3 Å². The van der Waals surface area contributed by atoms with Crippen molar-refractivity contribution < 1.29 is 0 Å². The minimum atomic E-state index is 0.367. The number of hydrogen-bond donors (Lipinski definition) is 0. The molecule has 0 aliphatic heterocycles. The maximum atomic E-state index is 3.21. The van der Waals surface area contributed by atoms with Gasteiger partial charge in [0, 0.05) is 0 Å². The summed E-state index contributed by atoms with van der Waals surface area (Å²) in [6.45, 7) is 2.11. The first kappa shape index (κ1) is 9.90. The Labute approximate surface area is 86.5 Å². The topological polar surface area (TPSA) is 0 Å². The van der Waals surface area contributed by atoms with Crippen molar-refractivity contribution in [1.82, 2.24) is 0 Å². The Kier molecular flexibility index (Phi) is 4.51. The Hall–Kier alpha value is -0.181. The second kappa shape index (κ2) is 5.46. The van der Waals surface area contributed by atoms with E-state index in [1.807, 2.05) is 0 Å². The van der Waals surface area contributed by atoms with E-state index in [2.05, 4.69) is 46.6 Å². The van der Waals surface area contributed by atoms with Crippen molar-refractivity contribution in [2.45, 2.75) is 12.7 Å². The molecule has 0 bridgehead atoms. The van der Waals surface area contributed by atoms with E-state index >= 15 is 0 Å². The summed E-state index contributed by atoms with van der Waals surface area (Å²) in [6.07, 6.45) is 0. The normalized spacial score (nSPS) is 8.83. The molecular weight excluding hydrogens is 278 g/mol. The van der Waals surface area contributed by atoms with Gasteiger partial charge in [0.2, 0.25) is 0 Å². The van der Waals surface area contributed by atoms with Gasteiger partial charge in [0.25, 0.3) is 0 Å². The summed E-state index contributed by atoms with van der Waals surface area (Å²) in [6, 6.07) is 8.64. The van der Waals surface area contributed by atoms with Gasteiger partial charge in [-0.15, -0.1) is 0 Å². The standard InChI is InChI=1S/C10H10Se2/c1-9-3-5-10(6-4-9)12-8-7-11-2/h3-6H,1-2H3. The summed E-state index contributed by atoms with van der Waals surface area (Å²) in [5, 5.41) is 0. The van der Waals surface area contributed by atoms with Crippen LogP contribution in [0.3, 0.4) is 0 Å². The second-order valence-electron chi connectivity index (χ2n) is 2.32. The molecule has 12 heavy (non-hydrogen) atoms. The molecule has 0 saturated carbocycles. The molecule has 0 N–H and O–H groups in total. The molecule has 0 unspecified atom stereocenters. The summed E-state index contributed by atoms with van der Waals surface area (Å²) in [4.78, 5) is 6.36. The SMILES string of the molecule is C[Se]C#C[Se]c1ccc(C)cc1. The molecule has 2 heteroatoms. The van der Waals surface area contributed by atoms with E-state index in [9.17, 15) is 0 Å². The van der Waals surface area contributed by atoms with Gasteiger partial charge in [-0.3, -0.25) is 0 Å². The summed E-state index contributed by atoms with van der Waals surface area (Å²) >= 11 is 0.873. The fraction of sp³-hybridized carbons (Fsp3) is 0.200. The fourth-order valence-electron chi connectivity index (χ4n) is 0.728. The predicted octanol–water partition coefficient (Wildman–Crippen LogP) is 0.995. The molecule has 0 amide bonds. The van der Waals surface area contributed by atoms with Crippen molar-refractivity contribution in [2.75, 3.05) is 0 Å². The third-order valence-corrected chi connectivity index (χ3v) is 4.12. The van der Waals surface area contributed by atoms with Crippen molar-refractivity contribution in [3.63, 3.8) is 0 Å². The van der Waals surface area contributed by atoms with Gasteiger partial charge in [0.1, 0.15) is 0 Å². The van der Waals surface area contributed by atoms with Crippen LogP contribution in [0, 0.1) is 16.6 Å².